The second-order valence-electron chi connectivity index (χ2n) is 6.57. The summed E-state index contributed by atoms with van der Waals surface area (Å²) in [5.41, 5.74) is 4.27. The lowest BCUT2D eigenvalue weighted by Gasteiger charge is -2.41. The first kappa shape index (κ1) is 15.8. The zero-order chi connectivity index (χ0) is 16.1. The number of hydrogen-bond donors (Lipinski definition) is 2. The number of anilines is 1. The van der Waals surface area contributed by atoms with Crippen molar-refractivity contribution < 1.29 is 13.2 Å². The summed E-state index contributed by atoms with van der Waals surface area (Å²) in [6.07, 6.45) is -1.56. The summed E-state index contributed by atoms with van der Waals surface area (Å²) in [4.78, 5) is 7.32. The Labute approximate surface area is 121 Å². The van der Waals surface area contributed by atoms with Gasteiger partial charge in [-0.3, -0.25) is 0 Å². The van der Waals surface area contributed by atoms with Gasteiger partial charge in [-0.15, -0.1) is 0 Å². The molecular formula is C14H19F3N4. The summed E-state index contributed by atoms with van der Waals surface area (Å²) in [5.74, 6) is -0.159. The molecule has 21 heavy (non-hydrogen) atoms. The second kappa shape index (κ2) is 4.69. The summed E-state index contributed by atoms with van der Waals surface area (Å²) in [6.45, 7) is 7.70. The number of hydrogen-bond acceptors (Lipinski definition) is 4. The Morgan fingerprint density at radius 2 is 1.86 bits per heavy atom. The number of rotatable bonds is 1. The van der Waals surface area contributed by atoms with Crippen molar-refractivity contribution in [2.24, 2.45) is 0 Å². The van der Waals surface area contributed by atoms with Crippen LogP contribution in [0.3, 0.4) is 0 Å². The van der Waals surface area contributed by atoms with E-state index in [0.717, 1.165) is 6.20 Å². The standard InChI is InChI=1S/C14H19F3N4/c1-12(2)5-8(6-13(3,4)21-12)10-9(14(15,16)17)7-19-11(18)20-10/h5,7,21H,6H2,1-4H3,(H2,18,19,20). The Morgan fingerprint density at radius 3 is 2.38 bits per heavy atom. The van der Waals surface area contributed by atoms with E-state index in [1.807, 2.05) is 27.7 Å². The van der Waals surface area contributed by atoms with Crippen LogP contribution in [0.15, 0.2) is 12.3 Å². The van der Waals surface area contributed by atoms with E-state index in [1.165, 1.54) is 0 Å². The van der Waals surface area contributed by atoms with Crippen LogP contribution < -0.4 is 11.1 Å². The van der Waals surface area contributed by atoms with E-state index < -0.39 is 17.3 Å². The largest absolute Gasteiger partial charge is 0.419 e. The molecule has 0 aromatic carbocycles. The van der Waals surface area contributed by atoms with Crippen LogP contribution in [-0.2, 0) is 6.18 Å². The third-order valence-electron chi connectivity index (χ3n) is 3.24. The number of nitrogens with zero attached hydrogens (tertiary/aromatic N) is 2. The van der Waals surface area contributed by atoms with Crippen molar-refractivity contribution in [3.05, 3.63) is 23.5 Å². The molecule has 0 bridgehead atoms. The predicted molar refractivity (Wildman–Crippen MR) is 75.3 cm³/mol. The Kier molecular flexibility index (Phi) is 3.52. The van der Waals surface area contributed by atoms with E-state index in [-0.39, 0.29) is 17.2 Å². The first-order valence-electron chi connectivity index (χ1n) is 6.61. The van der Waals surface area contributed by atoms with Crippen LogP contribution in [0.1, 0.15) is 45.4 Å². The van der Waals surface area contributed by atoms with Gasteiger partial charge in [-0.25, -0.2) is 9.97 Å². The third-order valence-corrected chi connectivity index (χ3v) is 3.24. The fourth-order valence-electron chi connectivity index (χ4n) is 2.91. The molecule has 0 fully saturated rings. The van der Waals surface area contributed by atoms with E-state index in [2.05, 4.69) is 15.3 Å². The van der Waals surface area contributed by atoms with E-state index in [9.17, 15) is 13.2 Å². The van der Waals surface area contributed by atoms with Crippen molar-refractivity contribution in [2.75, 3.05) is 5.73 Å². The highest BCUT2D eigenvalue weighted by atomic mass is 19.4. The number of halogens is 3. The van der Waals surface area contributed by atoms with Gasteiger partial charge in [0.1, 0.15) is 0 Å². The summed E-state index contributed by atoms with van der Waals surface area (Å²) in [6, 6.07) is 0. The smallest absolute Gasteiger partial charge is 0.368 e. The highest BCUT2D eigenvalue weighted by molar-refractivity contribution is 5.69. The van der Waals surface area contributed by atoms with Crippen molar-refractivity contribution in [3.8, 4) is 0 Å². The summed E-state index contributed by atoms with van der Waals surface area (Å²) in [7, 11) is 0. The molecule has 0 saturated carbocycles. The number of nitrogens with one attached hydrogen (secondary N) is 1. The van der Waals surface area contributed by atoms with Crippen molar-refractivity contribution in [2.45, 2.75) is 51.4 Å². The van der Waals surface area contributed by atoms with Crippen molar-refractivity contribution in [3.63, 3.8) is 0 Å². The van der Waals surface area contributed by atoms with Gasteiger partial charge >= 0.3 is 6.18 Å². The Morgan fingerprint density at radius 1 is 1.24 bits per heavy atom. The molecule has 0 aliphatic carbocycles. The van der Waals surface area contributed by atoms with Gasteiger partial charge in [0, 0.05) is 17.3 Å². The summed E-state index contributed by atoms with van der Waals surface area (Å²) >= 11 is 0. The zero-order valence-electron chi connectivity index (χ0n) is 12.5. The number of aromatic nitrogens is 2. The lowest BCUT2D eigenvalue weighted by Crippen LogP contribution is -2.53. The molecule has 1 aliphatic rings. The summed E-state index contributed by atoms with van der Waals surface area (Å²) < 4.78 is 39.5. The molecule has 0 spiro atoms. The molecule has 2 heterocycles. The topological polar surface area (TPSA) is 63.8 Å². The molecule has 7 heteroatoms. The molecular weight excluding hydrogens is 281 g/mol. The van der Waals surface area contributed by atoms with Crippen LogP contribution in [-0.4, -0.2) is 21.0 Å². The Balaban J connectivity index is 2.61. The number of nitrogens with two attached hydrogens (primary N) is 1. The van der Waals surface area contributed by atoms with E-state index in [0.29, 0.717) is 12.0 Å². The molecule has 1 aromatic heterocycles. The van der Waals surface area contributed by atoms with E-state index in [4.69, 9.17) is 5.73 Å². The monoisotopic (exact) mass is 300 g/mol. The fraction of sp³-hybridized carbons (Fsp3) is 0.571. The van der Waals surface area contributed by atoms with Gasteiger partial charge in [-0.05, 0) is 39.7 Å². The minimum absolute atomic E-state index is 0.127. The maximum absolute atomic E-state index is 13.2. The van der Waals surface area contributed by atoms with Gasteiger partial charge in [-0.1, -0.05) is 6.08 Å². The van der Waals surface area contributed by atoms with Gasteiger partial charge in [-0.2, -0.15) is 13.2 Å². The van der Waals surface area contributed by atoms with Crippen LogP contribution in [0.5, 0.6) is 0 Å². The van der Waals surface area contributed by atoms with Crippen molar-refractivity contribution >= 4 is 11.5 Å². The fourth-order valence-corrected chi connectivity index (χ4v) is 2.91. The van der Waals surface area contributed by atoms with Crippen LogP contribution in [0.4, 0.5) is 19.1 Å². The molecule has 0 atom stereocenters. The molecule has 0 saturated heterocycles. The SMILES string of the molecule is CC1(C)C=C(c2nc(N)ncc2C(F)(F)F)CC(C)(C)N1. The second-order valence-corrected chi connectivity index (χ2v) is 6.57. The Bertz CT molecular complexity index is 588. The zero-order valence-corrected chi connectivity index (χ0v) is 12.5. The maximum Gasteiger partial charge on any atom is 0.419 e. The third kappa shape index (κ3) is 3.53. The number of alkyl halides is 3. The average Bonchev–Trinajstić information content (AvgIpc) is 2.22. The highest BCUT2D eigenvalue weighted by Crippen LogP contribution is 2.39. The molecule has 0 radical (unpaired) electrons. The first-order valence-corrected chi connectivity index (χ1v) is 6.61. The van der Waals surface area contributed by atoms with Crippen LogP contribution in [0, 0.1) is 0 Å². The highest BCUT2D eigenvalue weighted by Gasteiger charge is 2.39. The van der Waals surface area contributed by atoms with Crippen LogP contribution >= 0.6 is 0 Å². The van der Waals surface area contributed by atoms with Crippen molar-refractivity contribution in [1.29, 1.82) is 0 Å². The lowest BCUT2D eigenvalue weighted by molar-refractivity contribution is -0.138. The molecule has 4 nitrogen and oxygen atoms in total. The molecule has 1 aliphatic heterocycles. The molecule has 0 unspecified atom stereocenters. The summed E-state index contributed by atoms with van der Waals surface area (Å²) in [5, 5.41) is 3.37. The molecule has 3 N–H and O–H groups in total. The van der Waals surface area contributed by atoms with Gasteiger partial charge in [0.15, 0.2) is 0 Å². The van der Waals surface area contributed by atoms with Gasteiger partial charge < -0.3 is 11.1 Å². The first-order chi connectivity index (χ1) is 9.40. The predicted octanol–water partition coefficient (Wildman–Crippen LogP) is 3.01. The number of nitrogen functional groups attached to an aromatic ring is 1. The van der Waals surface area contributed by atoms with E-state index >= 15 is 0 Å². The minimum Gasteiger partial charge on any atom is -0.368 e. The lowest BCUT2D eigenvalue weighted by atomic mass is 9.81. The quantitative estimate of drug-likeness (QED) is 0.837. The van der Waals surface area contributed by atoms with Crippen LogP contribution in [0.2, 0.25) is 0 Å². The van der Waals surface area contributed by atoms with Gasteiger partial charge in [0.2, 0.25) is 5.95 Å². The van der Waals surface area contributed by atoms with Crippen molar-refractivity contribution in [1.82, 2.24) is 15.3 Å². The molecule has 116 valence electrons. The maximum atomic E-state index is 13.2. The molecule has 1 aromatic rings. The minimum atomic E-state index is -4.51. The average molecular weight is 300 g/mol. The normalized spacial score (nSPS) is 21.0. The van der Waals surface area contributed by atoms with Gasteiger partial charge in [0.25, 0.3) is 0 Å². The van der Waals surface area contributed by atoms with Crippen LogP contribution in [0.25, 0.3) is 5.57 Å². The molecule has 0 amide bonds. The Hall–Kier alpha value is -1.63. The van der Waals surface area contributed by atoms with Gasteiger partial charge in [0.05, 0.1) is 11.3 Å². The van der Waals surface area contributed by atoms with E-state index in [1.54, 1.807) is 6.08 Å². The molecule has 2 rings (SSSR count).